The lowest BCUT2D eigenvalue weighted by molar-refractivity contribution is 0.467. The molecule has 1 aromatic carbocycles. The summed E-state index contributed by atoms with van der Waals surface area (Å²) in [5.41, 5.74) is 1.05. The number of halogens is 1. The lowest BCUT2D eigenvalue weighted by Gasteiger charge is -2.06. The summed E-state index contributed by atoms with van der Waals surface area (Å²) in [6, 6.07) is 5.84. The van der Waals surface area contributed by atoms with Crippen molar-refractivity contribution in [2.45, 2.75) is 6.92 Å². The third-order valence-corrected chi connectivity index (χ3v) is 5.26. The molecule has 0 radical (unpaired) electrons. The Kier molecular flexibility index (Phi) is 3.13. The van der Waals surface area contributed by atoms with Crippen LogP contribution in [-0.2, 0) is 0 Å². The Labute approximate surface area is 136 Å². The average molecular weight is 378 g/mol. The summed E-state index contributed by atoms with van der Waals surface area (Å²) >= 11 is 6.68. The van der Waals surface area contributed by atoms with Gasteiger partial charge in [0.25, 0.3) is 0 Å². The molecule has 4 aromatic rings. The molecule has 0 bridgehead atoms. The van der Waals surface area contributed by atoms with Gasteiger partial charge in [0.05, 0.1) is 19.9 Å². The third-order valence-electron chi connectivity index (χ3n) is 2.99. The topological polar surface area (TPSA) is 47.9 Å². The SMILES string of the molecule is Cc1nc2c(cc(Oc3cc(Br)ncn3)c3ccsc32)s1. The maximum absolute atomic E-state index is 5.95. The Balaban J connectivity index is 1.92. The summed E-state index contributed by atoms with van der Waals surface area (Å²) in [5, 5.41) is 4.18. The largest absolute Gasteiger partial charge is 0.438 e. The molecule has 21 heavy (non-hydrogen) atoms. The van der Waals surface area contributed by atoms with Gasteiger partial charge in [-0.05, 0) is 34.3 Å². The maximum Gasteiger partial charge on any atom is 0.223 e. The van der Waals surface area contributed by atoms with E-state index >= 15 is 0 Å². The fourth-order valence-corrected chi connectivity index (χ4v) is 4.28. The van der Waals surface area contributed by atoms with Gasteiger partial charge in [0.1, 0.15) is 16.7 Å². The number of nitrogens with zero attached hydrogens (tertiary/aromatic N) is 3. The first-order valence-corrected chi connectivity index (χ1v) is 8.62. The van der Waals surface area contributed by atoms with Gasteiger partial charge in [0, 0.05) is 17.5 Å². The second kappa shape index (κ2) is 5.01. The Hall–Kier alpha value is -1.57. The Morgan fingerprint density at radius 1 is 1.24 bits per heavy atom. The molecule has 0 aliphatic carbocycles. The molecule has 0 spiro atoms. The van der Waals surface area contributed by atoms with Gasteiger partial charge in [-0.1, -0.05) is 0 Å². The first-order chi connectivity index (χ1) is 10.2. The van der Waals surface area contributed by atoms with Gasteiger partial charge in [-0.2, -0.15) is 0 Å². The highest BCUT2D eigenvalue weighted by Crippen LogP contribution is 2.40. The number of aromatic nitrogens is 3. The second-order valence-corrected chi connectivity index (χ2v) is 7.36. The summed E-state index contributed by atoms with van der Waals surface area (Å²) < 4.78 is 8.93. The number of rotatable bonds is 2. The number of hydrogen-bond donors (Lipinski definition) is 0. The van der Waals surface area contributed by atoms with Crippen molar-refractivity contribution in [3.8, 4) is 11.6 Å². The van der Waals surface area contributed by atoms with Crippen molar-refractivity contribution in [2.24, 2.45) is 0 Å². The van der Waals surface area contributed by atoms with Crippen LogP contribution in [0.25, 0.3) is 20.3 Å². The highest BCUT2D eigenvalue weighted by molar-refractivity contribution is 9.10. The van der Waals surface area contributed by atoms with E-state index in [0.29, 0.717) is 10.5 Å². The van der Waals surface area contributed by atoms with E-state index in [0.717, 1.165) is 31.1 Å². The number of ether oxygens (including phenoxy) is 1. The molecule has 0 aliphatic heterocycles. The molecule has 4 rings (SSSR count). The molecule has 0 amide bonds. The molecule has 7 heteroatoms. The van der Waals surface area contributed by atoms with Crippen molar-refractivity contribution in [3.63, 3.8) is 0 Å². The Bertz CT molecular complexity index is 963. The van der Waals surface area contributed by atoms with Crippen molar-refractivity contribution in [1.29, 1.82) is 0 Å². The van der Waals surface area contributed by atoms with Crippen LogP contribution >= 0.6 is 38.6 Å². The molecular weight excluding hydrogens is 370 g/mol. The van der Waals surface area contributed by atoms with Crippen LogP contribution < -0.4 is 4.74 Å². The monoisotopic (exact) mass is 377 g/mol. The predicted octanol–water partition coefficient (Wildman–Crippen LogP) is 5.16. The van der Waals surface area contributed by atoms with E-state index in [1.54, 1.807) is 28.7 Å². The molecule has 0 N–H and O–H groups in total. The minimum atomic E-state index is 0.518. The van der Waals surface area contributed by atoms with E-state index in [-0.39, 0.29) is 0 Å². The van der Waals surface area contributed by atoms with Gasteiger partial charge in [-0.3, -0.25) is 0 Å². The number of benzene rings is 1. The van der Waals surface area contributed by atoms with Crippen LogP contribution in [0.5, 0.6) is 11.6 Å². The van der Waals surface area contributed by atoms with Crippen molar-refractivity contribution < 1.29 is 4.74 Å². The van der Waals surface area contributed by atoms with E-state index < -0.39 is 0 Å². The minimum Gasteiger partial charge on any atom is -0.438 e. The van der Waals surface area contributed by atoms with Gasteiger partial charge in [-0.25, -0.2) is 15.0 Å². The summed E-state index contributed by atoms with van der Waals surface area (Å²) in [7, 11) is 0. The Morgan fingerprint density at radius 2 is 2.14 bits per heavy atom. The van der Waals surface area contributed by atoms with Crippen LogP contribution in [0, 0.1) is 6.92 Å². The molecule has 104 valence electrons. The number of thiophene rings is 1. The van der Waals surface area contributed by atoms with Crippen LogP contribution in [0.1, 0.15) is 5.01 Å². The summed E-state index contributed by atoms with van der Waals surface area (Å²) in [5.74, 6) is 1.32. The molecule has 0 fully saturated rings. The number of fused-ring (bicyclic) bond motifs is 3. The smallest absolute Gasteiger partial charge is 0.223 e. The molecule has 0 saturated carbocycles. The zero-order chi connectivity index (χ0) is 14.4. The van der Waals surface area contributed by atoms with Crippen LogP contribution in [0.3, 0.4) is 0 Å². The normalized spacial score (nSPS) is 11.3. The summed E-state index contributed by atoms with van der Waals surface area (Å²) in [6.07, 6.45) is 1.47. The predicted molar refractivity (Wildman–Crippen MR) is 89.5 cm³/mol. The zero-order valence-electron chi connectivity index (χ0n) is 10.8. The molecule has 3 aromatic heterocycles. The Morgan fingerprint density at radius 3 is 3.00 bits per heavy atom. The van der Waals surface area contributed by atoms with Gasteiger partial charge in [0.15, 0.2) is 0 Å². The van der Waals surface area contributed by atoms with Crippen LogP contribution in [0.4, 0.5) is 0 Å². The highest BCUT2D eigenvalue weighted by atomic mass is 79.9. The molecule has 0 aliphatic rings. The van der Waals surface area contributed by atoms with Gasteiger partial charge >= 0.3 is 0 Å². The minimum absolute atomic E-state index is 0.518. The molecule has 4 nitrogen and oxygen atoms in total. The third kappa shape index (κ3) is 2.31. The van der Waals surface area contributed by atoms with E-state index in [1.165, 1.54) is 6.33 Å². The zero-order valence-corrected chi connectivity index (χ0v) is 14.1. The highest BCUT2D eigenvalue weighted by Gasteiger charge is 2.13. The van der Waals surface area contributed by atoms with Crippen LogP contribution in [-0.4, -0.2) is 15.0 Å². The molecule has 0 saturated heterocycles. The first-order valence-electron chi connectivity index (χ1n) is 6.13. The lowest BCUT2D eigenvalue weighted by Crippen LogP contribution is -1.89. The van der Waals surface area contributed by atoms with E-state index in [1.807, 2.05) is 13.0 Å². The van der Waals surface area contributed by atoms with Gasteiger partial charge < -0.3 is 4.74 Å². The fourth-order valence-electron chi connectivity index (χ4n) is 2.16. The fraction of sp³-hybridized carbons (Fsp3) is 0.0714. The second-order valence-electron chi connectivity index (χ2n) is 4.40. The quantitative estimate of drug-likeness (QED) is 0.452. The van der Waals surface area contributed by atoms with Crippen molar-refractivity contribution >= 4 is 58.9 Å². The van der Waals surface area contributed by atoms with Crippen LogP contribution in [0.15, 0.2) is 34.5 Å². The van der Waals surface area contributed by atoms with E-state index in [4.69, 9.17) is 4.74 Å². The maximum atomic E-state index is 5.95. The standard InChI is InChI=1S/C14H8BrN3OS2/c1-7-18-13-10(21-7)4-9(8-2-3-20-14(8)13)19-12-5-11(15)16-6-17-12/h2-6H,1H3. The number of hydrogen-bond acceptors (Lipinski definition) is 6. The van der Waals surface area contributed by atoms with Crippen molar-refractivity contribution in [3.05, 3.63) is 39.5 Å². The molecule has 3 heterocycles. The van der Waals surface area contributed by atoms with E-state index in [9.17, 15) is 0 Å². The molecule has 0 atom stereocenters. The average Bonchev–Trinajstić information content (AvgIpc) is 3.04. The van der Waals surface area contributed by atoms with Crippen molar-refractivity contribution in [2.75, 3.05) is 0 Å². The van der Waals surface area contributed by atoms with E-state index in [2.05, 4.69) is 42.3 Å². The summed E-state index contributed by atoms with van der Waals surface area (Å²) in [6.45, 7) is 2.02. The number of thiazole rings is 1. The molecule has 0 unspecified atom stereocenters. The molecular formula is C14H8BrN3OS2. The first kappa shape index (κ1) is 13.1. The lowest BCUT2D eigenvalue weighted by atomic mass is 10.2. The van der Waals surface area contributed by atoms with Crippen LogP contribution in [0.2, 0.25) is 0 Å². The summed E-state index contributed by atoms with van der Waals surface area (Å²) in [4.78, 5) is 12.8. The number of aryl methyl sites for hydroxylation is 1. The van der Waals surface area contributed by atoms with Crippen molar-refractivity contribution in [1.82, 2.24) is 15.0 Å². The van der Waals surface area contributed by atoms with Gasteiger partial charge in [0.2, 0.25) is 5.88 Å². The van der Waals surface area contributed by atoms with Gasteiger partial charge in [-0.15, -0.1) is 22.7 Å².